The zero-order valence-electron chi connectivity index (χ0n) is 6.76. The van der Waals surface area contributed by atoms with Gasteiger partial charge < -0.3 is 0 Å². The Labute approximate surface area is 69.9 Å². The van der Waals surface area contributed by atoms with Gasteiger partial charge in [-0.3, -0.25) is 4.79 Å². The van der Waals surface area contributed by atoms with Crippen molar-refractivity contribution in [2.75, 3.05) is 0 Å². The molecule has 0 aliphatic carbocycles. The Hall–Kier alpha value is -0.700. The Balaban J connectivity index is 2.99. The molecule has 0 fully saturated rings. The van der Waals surface area contributed by atoms with Gasteiger partial charge in [0, 0.05) is 10.9 Å². The highest BCUT2D eigenvalue weighted by Gasteiger charge is 1.96. The SMILES string of the molecule is CCCc1nc(=O)cc(C)s1. The molecule has 0 radical (unpaired) electrons. The van der Waals surface area contributed by atoms with Crippen molar-refractivity contribution in [1.29, 1.82) is 0 Å². The maximum absolute atomic E-state index is 10.9. The third-order valence-electron chi connectivity index (χ3n) is 1.30. The van der Waals surface area contributed by atoms with Crippen LogP contribution in [-0.4, -0.2) is 4.98 Å². The molecule has 11 heavy (non-hydrogen) atoms. The minimum atomic E-state index is -0.107. The first-order valence-corrected chi connectivity index (χ1v) is 4.51. The summed E-state index contributed by atoms with van der Waals surface area (Å²) in [5, 5.41) is 0.956. The summed E-state index contributed by atoms with van der Waals surface area (Å²) < 4.78 is 0. The van der Waals surface area contributed by atoms with Crippen LogP contribution < -0.4 is 5.56 Å². The Kier molecular flexibility index (Phi) is 2.76. The third-order valence-corrected chi connectivity index (χ3v) is 2.28. The summed E-state index contributed by atoms with van der Waals surface area (Å²) in [4.78, 5) is 15.8. The van der Waals surface area contributed by atoms with E-state index in [4.69, 9.17) is 0 Å². The van der Waals surface area contributed by atoms with Crippen LogP contribution in [0.3, 0.4) is 0 Å². The van der Waals surface area contributed by atoms with Gasteiger partial charge in [0.1, 0.15) is 0 Å². The smallest absolute Gasteiger partial charge is 0.267 e. The lowest BCUT2D eigenvalue weighted by atomic mass is 10.3. The van der Waals surface area contributed by atoms with Crippen molar-refractivity contribution in [3.05, 3.63) is 26.3 Å². The Morgan fingerprint density at radius 2 is 2.36 bits per heavy atom. The van der Waals surface area contributed by atoms with Crippen molar-refractivity contribution in [2.45, 2.75) is 26.7 Å². The van der Waals surface area contributed by atoms with Gasteiger partial charge in [0.05, 0.1) is 5.01 Å². The minimum absolute atomic E-state index is 0.107. The molecule has 0 amide bonds. The van der Waals surface area contributed by atoms with Gasteiger partial charge in [0.2, 0.25) is 0 Å². The van der Waals surface area contributed by atoms with Gasteiger partial charge in [-0.15, -0.1) is 11.3 Å². The number of hydrogen-bond acceptors (Lipinski definition) is 3. The van der Waals surface area contributed by atoms with E-state index in [9.17, 15) is 4.79 Å². The molecule has 2 nitrogen and oxygen atoms in total. The Morgan fingerprint density at radius 3 is 2.91 bits per heavy atom. The molecule has 0 saturated carbocycles. The fraction of sp³-hybridized carbons (Fsp3) is 0.500. The first kappa shape index (κ1) is 8.40. The van der Waals surface area contributed by atoms with Gasteiger partial charge in [-0.2, -0.15) is 0 Å². The van der Waals surface area contributed by atoms with Crippen LogP contribution in [0.25, 0.3) is 0 Å². The molecule has 0 aromatic carbocycles. The largest absolute Gasteiger partial charge is 0.271 e. The molecule has 0 N–H and O–H groups in total. The van der Waals surface area contributed by atoms with Crippen molar-refractivity contribution in [1.82, 2.24) is 4.98 Å². The standard InChI is InChI=1S/C8H11NOS/c1-3-4-8-9-7(10)5-6(2)11-8/h5H,3-4H2,1-2H3. The third kappa shape index (κ3) is 2.42. The van der Waals surface area contributed by atoms with Crippen LogP contribution in [-0.2, 0) is 6.42 Å². The molecule has 0 aliphatic heterocycles. The quantitative estimate of drug-likeness (QED) is 0.675. The van der Waals surface area contributed by atoms with Gasteiger partial charge in [-0.05, 0) is 19.8 Å². The second-order valence-corrected chi connectivity index (χ2v) is 3.77. The summed E-state index contributed by atoms with van der Waals surface area (Å²) in [5.74, 6) is 0. The van der Waals surface area contributed by atoms with Gasteiger partial charge in [-0.25, -0.2) is 4.98 Å². The van der Waals surface area contributed by atoms with E-state index in [2.05, 4.69) is 11.9 Å². The topological polar surface area (TPSA) is 30.0 Å². The van der Waals surface area contributed by atoms with E-state index in [0.717, 1.165) is 22.7 Å². The van der Waals surface area contributed by atoms with Crippen LogP contribution >= 0.6 is 11.3 Å². The zero-order chi connectivity index (χ0) is 8.27. The van der Waals surface area contributed by atoms with E-state index in [-0.39, 0.29) is 5.56 Å². The number of aromatic nitrogens is 1. The molecule has 60 valence electrons. The van der Waals surface area contributed by atoms with Crippen molar-refractivity contribution in [3.63, 3.8) is 0 Å². The summed E-state index contributed by atoms with van der Waals surface area (Å²) in [6.07, 6.45) is 1.97. The highest BCUT2D eigenvalue weighted by atomic mass is 32.1. The molecule has 0 aliphatic rings. The van der Waals surface area contributed by atoms with Crippen LogP contribution in [0, 0.1) is 6.92 Å². The maximum Gasteiger partial charge on any atom is 0.271 e. The van der Waals surface area contributed by atoms with E-state index >= 15 is 0 Å². The van der Waals surface area contributed by atoms with Crippen molar-refractivity contribution in [2.24, 2.45) is 0 Å². The second kappa shape index (κ2) is 3.62. The molecule has 0 spiro atoms. The van der Waals surface area contributed by atoms with Gasteiger partial charge in [0.15, 0.2) is 0 Å². The number of rotatable bonds is 2. The average molecular weight is 169 g/mol. The molecule has 1 rings (SSSR count). The van der Waals surface area contributed by atoms with Crippen LogP contribution in [0.5, 0.6) is 0 Å². The molecular formula is C8H11NOS. The summed E-state index contributed by atoms with van der Waals surface area (Å²) in [6, 6.07) is 1.57. The lowest BCUT2D eigenvalue weighted by Gasteiger charge is -1.95. The minimum Gasteiger partial charge on any atom is -0.267 e. The van der Waals surface area contributed by atoms with Gasteiger partial charge >= 0.3 is 0 Å². The lowest BCUT2D eigenvalue weighted by molar-refractivity contribution is 0.898. The number of hydrogen-bond donors (Lipinski definition) is 0. The molecule has 0 saturated heterocycles. The number of aryl methyl sites for hydroxylation is 2. The first-order valence-electron chi connectivity index (χ1n) is 3.70. The molecule has 0 atom stereocenters. The predicted molar refractivity (Wildman–Crippen MR) is 47.1 cm³/mol. The second-order valence-electron chi connectivity index (χ2n) is 2.45. The molecule has 3 heteroatoms. The van der Waals surface area contributed by atoms with E-state index in [1.54, 1.807) is 17.4 Å². The van der Waals surface area contributed by atoms with Crippen LogP contribution in [0.2, 0.25) is 0 Å². The summed E-state index contributed by atoms with van der Waals surface area (Å²) in [6.45, 7) is 4.02. The normalized spacial score (nSPS) is 10.0. The molecule has 0 unspecified atom stereocenters. The highest BCUT2D eigenvalue weighted by molar-refractivity contribution is 7.11. The summed E-state index contributed by atoms with van der Waals surface area (Å²) in [7, 11) is 0. The van der Waals surface area contributed by atoms with E-state index in [1.807, 2.05) is 6.92 Å². The van der Waals surface area contributed by atoms with E-state index in [0.29, 0.717) is 0 Å². The monoisotopic (exact) mass is 169 g/mol. The highest BCUT2D eigenvalue weighted by Crippen LogP contribution is 2.08. The Bertz CT molecular complexity index is 292. The van der Waals surface area contributed by atoms with E-state index in [1.165, 1.54) is 0 Å². The molecular weight excluding hydrogens is 158 g/mol. The van der Waals surface area contributed by atoms with Crippen LogP contribution in [0.15, 0.2) is 10.9 Å². The van der Waals surface area contributed by atoms with E-state index < -0.39 is 0 Å². The Morgan fingerprint density at radius 1 is 1.64 bits per heavy atom. The van der Waals surface area contributed by atoms with Crippen LogP contribution in [0.1, 0.15) is 23.2 Å². The van der Waals surface area contributed by atoms with Gasteiger partial charge in [0.25, 0.3) is 5.56 Å². The molecule has 1 aromatic rings. The summed E-state index contributed by atoms with van der Waals surface area (Å²) >= 11 is 1.60. The molecule has 1 aromatic heterocycles. The van der Waals surface area contributed by atoms with Gasteiger partial charge in [-0.1, -0.05) is 6.92 Å². The fourth-order valence-electron chi connectivity index (χ4n) is 0.888. The molecule has 0 bridgehead atoms. The summed E-state index contributed by atoms with van der Waals surface area (Å²) in [5.41, 5.74) is -0.107. The lowest BCUT2D eigenvalue weighted by Crippen LogP contribution is -2.05. The maximum atomic E-state index is 10.9. The predicted octanol–water partition coefficient (Wildman–Crippen LogP) is 1.76. The molecule has 1 heterocycles. The van der Waals surface area contributed by atoms with Crippen molar-refractivity contribution >= 4 is 11.3 Å². The van der Waals surface area contributed by atoms with Crippen molar-refractivity contribution in [3.8, 4) is 0 Å². The average Bonchev–Trinajstić information content (AvgIpc) is 1.85. The first-order chi connectivity index (χ1) is 5.22. The van der Waals surface area contributed by atoms with Crippen LogP contribution in [0.4, 0.5) is 0 Å². The zero-order valence-corrected chi connectivity index (χ0v) is 7.57. The van der Waals surface area contributed by atoms with Crippen molar-refractivity contribution < 1.29 is 0 Å². The number of nitrogens with zero attached hydrogens (tertiary/aromatic N) is 1. The fourth-order valence-corrected chi connectivity index (χ4v) is 1.86.